The average molecular weight is 461 g/mol. The van der Waals surface area contributed by atoms with Crippen molar-refractivity contribution in [3.8, 4) is 0 Å². The third kappa shape index (κ3) is 11.7. The van der Waals surface area contributed by atoms with Crippen LogP contribution in [0.25, 0.3) is 0 Å². The number of carboxylic acids is 2. The first-order chi connectivity index (χ1) is 14.9. The average Bonchev–Trinajstić information content (AvgIpc) is 2.71. The molecule has 0 aromatic heterocycles. The molecule has 3 amide bonds. The van der Waals surface area contributed by atoms with Crippen molar-refractivity contribution in [2.24, 2.45) is 22.2 Å². The fourth-order valence-electron chi connectivity index (χ4n) is 2.32. The van der Waals surface area contributed by atoms with Crippen LogP contribution in [0.15, 0.2) is 4.99 Å². The van der Waals surface area contributed by atoms with E-state index >= 15 is 0 Å². The van der Waals surface area contributed by atoms with E-state index in [0.717, 1.165) is 0 Å². The zero-order valence-corrected chi connectivity index (χ0v) is 17.6. The highest BCUT2D eigenvalue weighted by Crippen LogP contribution is 2.04. The van der Waals surface area contributed by atoms with E-state index < -0.39 is 66.9 Å². The van der Waals surface area contributed by atoms with Gasteiger partial charge < -0.3 is 48.5 Å². The molecule has 0 saturated heterocycles. The summed E-state index contributed by atoms with van der Waals surface area (Å²) in [4.78, 5) is 62.8. The Kier molecular flexibility index (Phi) is 13.0. The molecule has 0 heterocycles. The number of nitrogens with one attached hydrogen (secondary N) is 3. The summed E-state index contributed by atoms with van der Waals surface area (Å²) in [5.74, 6) is -5.31. The molecular weight excluding hydrogens is 430 g/mol. The van der Waals surface area contributed by atoms with Crippen LogP contribution in [-0.4, -0.2) is 88.3 Å². The Hall–Kier alpha value is -3.46. The lowest BCUT2D eigenvalue weighted by Gasteiger charge is -2.24. The molecule has 15 heteroatoms. The molecule has 12 N–H and O–H groups in total. The zero-order chi connectivity index (χ0) is 24.8. The van der Waals surface area contributed by atoms with Crippen LogP contribution in [0.4, 0.5) is 0 Å². The highest BCUT2D eigenvalue weighted by molar-refractivity contribution is 5.94. The third-order valence-corrected chi connectivity index (χ3v) is 4.12. The van der Waals surface area contributed by atoms with Gasteiger partial charge >= 0.3 is 11.9 Å². The van der Waals surface area contributed by atoms with Crippen LogP contribution >= 0.6 is 0 Å². The summed E-state index contributed by atoms with van der Waals surface area (Å²) < 4.78 is 0. The van der Waals surface area contributed by atoms with Gasteiger partial charge in [-0.15, -0.1) is 0 Å². The van der Waals surface area contributed by atoms with Crippen molar-refractivity contribution in [2.75, 3.05) is 13.2 Å². The summed E-state index contributed by atoms with van der Waals surface area (Å²) in [7, 11) is 0. The van der Waals surface area contributed by atoms with Crippen molar-refractivity contribution in [2.45, 2.75) is 56.8 Å². The number of carboxylic acid groups (broad SMARTS) is 2. The number of rotatable bonds is 15. The van der Waals surface area contributed by atoms with Gasteiger partial charge in [0.05, 0.1) is 6.61 Å². The molecule has 32 heavy (non-hydrogen) atoms. The number of aliphatic hydroxyl groups is 1. The summed E-state index contributed by atoms with van der Waals surface area (Å²) >= 11 is 0. The number of aliphatic carboxylic acids is 2. The van der Waals surface area contributed by atoms with Gasteiger partial charge in [0.15, 0.2) is 5.96 Å². The molecule has 0 fully saturated rings. The molecule has 0 radical (unpaired) electrons. The van der Waals surface area contributed by atoms with Crippen LogP contribution in [0.3, 0.4) is 0 Å². The van der Waals surface area contributed by atoms with Crippen molar-refractivity contribution >= 4 is 35.6 Å². The van der Waals surface area contributed by atoms with Gasteiger partial charge in [0.25, 0.3) is 0 Å². The van der Waals surface area contributed by atoms with E-state index in [1.807, 2.05) is 0 Å². The monoisotopic (exact) mass is 461 g/mol. The van der Waals surface area contributed by atoms with Crippen LogP contribution in [0.2, 0.25) is 0 Å². The maximum absolute atomic E-state index is 12.7. The first-order valence-corrected chi connectivity index (χ1v) is 9.66. The Labute approximate surface area is 183 Å². The Morgan fingerprint density at radius 2 is 1.44 bits per heavy atom. The fraction of sp³-hybridized carbons (Fsp3) is 0.647. The standard InChI is InChI=1S/C17H31N7O8/c1-8(16(31)32)22-14(29)10(3-2-6-21-17(19)20)24-15(30)11(4-5-12(26)27)23-13(28)9(18)7-25/h8-11,25H,2-7,18H2,1H3,(H,22,29)(H,23,28)(H,24,30)(H,26,27)(H,31,32)(H4,19,20,21). The van der Waals surface area contributed by atoms with E-state index in [1.54, 1.807) is 0 Å². The summed E-state index contributed by atoms with van der Waals surface area (Å²) in [6.07, 6.45) is -0.557. The van der Waals surface area contributed by atoms with E-state index in [4.69, 9.17) is 32.5 Å². The minimum Gasteiger partial charge on any atom is -0.481 e. The Balaban J connectivity index is 5.44. The van der Waals surface area contributed by atoms with Gasteiger partial charge in [-0.05, 0) is 26.2 Å². The van der Waals surface area contributed by atoms with Crippen LogP contribution < -0.4 is 33.2 Å². The highest BCUT2D eigenvalue weighted by atomic mass is 16.4. The lowest BCUT2D eigenvalue weighted by molar-refractivity contribution is -0.141. The van der Waals surface area contributed by atoms with Crippen molar-refractivity contribution in [3.05, 3.63) is 0 Å². The molecule has 0 aliphatic heterocycles. The van der Waals surface area contributed by atoms with Crippen molar-refractivity contribution < 1.29 is 39.3 Å². The largest absolute Gasteiger partial charge is 0.481 e. The fourth-order valence-corrected chi connectivity index (χ4v) is 2.32. The van der Waals surface area contributed by atoms with Crippen LogP contribution in [0.5, 0.6) is 0 Å². The van der Waals surface area contributed by atoms with Crippen molar-refractivity contribution in [3.63, 3.8) is 0 Å². The second kappa shape index (κ2) is 14.5. The first kappa shape index (κ1) is 28.5. The lowest BCUT2D eigenvalue weighted by atomic mass is 10.1. The minimum absolute atomic E-state index is 0.0104. The van der Waals surface area contributed by atoms with Gasteiger partial charge in [0.2, 0.25) is 17.7 Å². The zero-order valence-electron chi connectivity index (χ0n) is 17.6. The third-order valence-electron chi connectivity index (χ3n) is 4.12. The molecule has 4 atom stereocenters. The van der Waals surface area contributed by atoms with Crippen LogP contribution in [0.1, 0.15) is 32.6 Å². The molecule has 182 valence electrons. The highest BCUT2D eigenvalue weighted by Gasteiger charge is 2.29. The van der Waals surface area contributed by atoms with Crippen LogP contribution in [0, 0.1) is 0 Å². The van der Waals surface area contributed by atoms with Gasteiger partial charge in [-0.2, -0.15) is 0 Å². The Morgan fingerprint density at radius 1 is 0.906 bits per heavy atom. The number of aliphatic hydroxyl groups excluding tert-OH is 1. The Bertz CT molecular complexity index is 711. The SMILES string of the molecule is CC(NC(=O)C(CCCN=C(N)N)NC(=O)C(CCC(=O)O)NC(=O)C(N)CO)C(=O)O. The van der Waals surface area contributed by atoms with E-state index in [-0.39, 0.29) is 31.8 Å². The number of carbonyl (C=O) groups is 5. The van der Waals surface area contributed by atoms with Gasteiger partial charge in [0, 0.05) is 13.0 Å². The quantitative estimate of drug-likeness (QED) is 0.0640. The molecule has 15 nitrogen and oxygen atoms in total. The number of hydrogen-bond acceptors (Lipinski definition) is 8. The van der Waals surface area contributed by atoms with E-state index in [2.05, 4.69) is 20.9 Å². The van der Waals surface area contributed by atoms with E-state index in [0.29, 0.717) is 0 Å². The van der Waals surface area contributed by atoms with Crippen LogP contribution in [-0.2, 0) is 24.0 Å². The molecular formula is C17H31N7O8. The molecule has 0 aliphatic carbocycles. The van der Waals surface area contributed by atoms with Crippen molar-refractivity contribution in [1.29, 1.82) is 0 Å². The molecule has 0 bridgehead atoms. The summed E-state index contributed by atoms with van der Waals surface area (Å²) in [6.45, 7) is 0.647. The number of carbonyl (C=O) groups excluding carboxylic acids is 3. The molecule has 0 aromatic rings. The number of hydrogen-bond donors (Lipinski definition) is 9. The predicted molar refractivity (Wildman–Crippen MR) is 111 cm³/mol. The molecule has 0 saturated carbocycles. The number of nitrogens with two attached hydrogens (primary N) is 3. The predicted octanol–water partition coefficient (Wildman–Crippen LogP) is -4.22. The molecule has 0 aliphatic rings. The number of aliphatic imine (C=N–C) groups is 1. The maximum atomic E-state index is 12.7. The number of guanidine groups is 1. The normalized spacial score (nSPS) is 14.2. The minimum atomic E-state index is -1.37. The van der Waals surface area contributed by atoms with E-state index in [1.165, 1.54) is 6.92 Å². The second-order valence-corrected chi connectivity index (χ2v) is 6.86. The number of nitrogens with zero attached hydrogens (tertiary/aromatic N) is 1. The summed E-state index contributed by atoms with van der Waals surface area (Å²) in [5, 5.41) is 33.6. The van der Waals surface area contributed by atoms with E-state index in [9.17, 15) is 24.0 Å². The van der Waals surface area contributed by atoms with Gasteiger partial charge in [-0.25, -0.2) is 0 Å². The lowest BCUT2D eigenvalue weighted by Crippen LogP contribution is -2.57. The van der Waals surface area contributed by atoms with Gasteiger partial charge in [-0.1, -0.05) is 0 Å². The molecule has 0 aromatic carbocycles. The van der Waals surface area contributed by atoms with Gasteiger partial charge in [-0.3, -0.25) is 29.0 Å². The first-order valence-electron chi connectivity index (χ1n) is 9.66. The topological polar surface area (TPSA) is 273 Å². The number of amides is 3. The summed E-state index contributed by atoms with van der Waals surface area (Å²) in [5.41, 5.74) is 15.8. The molecule has 0 spiro atoms. The summed E-state index contributed by atoms with van der Waals surface area (Å²) in [6, 6.07) is -5.19. The maximum Gasteiger partial charge on any atom is 0.325 e. The van der Waals surface area contributed by atoms with Crippen molar-refractivity contribution in [1.82, 2.24) is 16.0 Å². The smallest absolute Gasteiger partial charge is 0.325 e. The van der Waals surface area contributed by atoms with Gasteiger partial charge in [0.1, 0.15) is 24.2 Å². The molecule has 4 unspecified atom stereocenters. The second-order valence-electron chi connectivity index (χ2n) is 6.86. The Morgan fingerprint density at radius 3 is 1.94 bits per heavy atom. The molecule has 0 rings (SSSR count).